The highest BCUT2D eigenvalue weighted by Gasteiger charge is 2.37. The molecule has 0 aromatic rings. The number of aliphatic hydroxyl groups excluding tert-OH is 1. The molecule has 0 aromatic heterocycles. The molecule has 0 bridgehead atoms. The van der Waals surface area contributed by atoms with Crippen LogP contribution in [0.4, 0.5) is 0 Å². The van der Waals surface area contributed by atoms with Gasteiger partial charge in [-0.05, 0) is 19.4 Å². The van der Waals surface area contributed by atoms with E-state index in [1.54, 1.807) is 0 Å². The van der Waals surface area contributed by atoms with E-state index in [9.17, 15) is 5.11 Å². The van der Waals surface area contributed by atoms with E-state index >= 15 is 0 Å². The lowest BCUT2D eigenvalue weighted by Gasteiger charge is -2.37. The summed E-state index contributed by atoms with van der Waals surface area (Å²) >= 11 is 0. The zero-order valence-electron chi connectivity index (χ0n) is 6.56. The standard InChI is InChI=1S/C7H15N3O/c11-6-9-4-2-7(10-6)1-3-8-5-7/h6,8-11H,1-5H2/t6?,7-/m0/s1. The van der Waals surface area contributed by atoms with Crippen LogP contribution in [0.15, 0.2) is 0 Å². The van der Waals surface area contributed by atoms with Crippen LogP contribution in [0.3, 0.4) is 0 Å². The van der Waals surface area contributed by atoms with Gasteiger partial charge in [0.05, 0.1) is 0 Å². The molecule has 1 unspecified atom stereocenters. The first kappa shape index (κ1) is 7.49. The van der Waals surface area contributed by atoms with Gasteiger partial charge < -0.3 is 10.4 Å². The Labute approximate surface area is 66.4 Å². The van der Waals surface area contributed by atoms with E-state index in [-0.39, 0.29) is 5.54 Å². The van der Waals surface area contributed by atoms with Gasteiger partial charge in [0, 0.05) is 18.6 Å². The van der Waals surface area contributed by atoms with Gasteiger partial charge in [-0.2, -0.15) is 0 Å². The van der Waals surface area contributed by atoms with Crippen LogP contribution in [-0.2, 0) is 0 Å². The van der Waals surface area contributed by atoms with Gasteiger partial charge in [0.1, 0.15) is 0 Å². The minimum Gasteiger partial charge on any atom is -0.365 e. The number of aliphatic hydroxyl groups is 1. The van der Waals surface area contributed by atoms with Crippen molar-refractivity contribution in [2.45, 2.75) is 24.7 Å². The van der Waals surface area contributed by atoms with Gasteiger partial charge in [-0.1, -0.05) is 0 Å². The SMILES string of the molecule is OC1NCC[C@]2(CCNC2)N1. The van der Waals surface area contributed by atoms with Crippen molar-refractivity contribution in [2.24, 2.45) is 0 Å². The first-order chi connectivity index (χ1) is 5.31. The fraction of sp³-hybridized carbons (Fsp3) is 1.00. The molecule has 0 radical (unpaired) electrons. The Morgan fingerprint density at radius 3 is 2.73 bits per heavy atom. The Hall–Kier alpha value is -0.160. The highest BCUT2D eigenvalue weighted by atomic mass is 16.3. The number of nitrogens with one attached hydrogen (secondary N) is 3. The molecular formula is C7H15N3O. The summed E-state index contributed by atoms with van der Waals surface area (Å²) < 4.78 is 0. The van der Waals surface area contributed by atoms with Crippen LogP contribution in [0.5, 0.6) is 0 Å². The summed E-state index contributed by atoms with van der Waals surface area (Å²) in [6.45, 7) is 2.97. The Bertz CT molecular complexity index is 145. The molecule has 2 rings (SSSR count). The van der Waals surface area contributed by atoms with Gasteiger partial charge in [0.2, 0.25) is 0 Å². The van der Waals surface area contributed by atoms with Crippen molar-refractivity contribution in [3.05, 3.63) is 0 Å². The van der Waals surface area contributed by atoms with Crippen LogP contribution in [0, 0.1) is 0 Å². The van der Waals surface area contributed by atoms with Gasteiger partial charge >= 0.3 is 0 Å². The topological polar surface area (TPSA) is 56.3 Å². The maximum Gasteiger partial charge on any atom is 0.160 e. The van der Waals surface area contributed by atoms with E-state index in [0.29, 0.717) is 0 Å². The average Bonchev–Trinajstić information content (AvgIpc) is 2.37. The molecule has 2 heterocycles. The minimum atomic E-state index is -0.511. The third kappa shape index (κ3) is 1.39. The summed E-state index contributed by atoms with van der Waals surface area (Å²) in [7, 11) is 0. The summed E-state index contributed by atoms with van der Waals surface area (Å²) in [5.74, 6) is 0. The Morgan fingerprint density at radius 1 is 1.27 bits per heavy atom. The molecule has 0 aliphatic carbocycles. The molecule has 0 saturated carbocycles. The van der Waals surface area contributed by atoms with Crippen LogP contribution < -0.4 is 16.0 Å². The minimum absolute atomic E-state index is 0.171. The van der Waals surface area contributed by atoms with E-state index in [4.69, 9.17) is 0 Å². The number of hydrogen-bond acceptors (Lipinski definition) is 4. The van der Waals surface area contributed by atoms with E-state index in [1.807, 2.05) is 0 Å². The molecule has 2 saturated heterocycles. The Kier molecular flexibility index (Phi) is 1.85. The molecule has 4 nitrogen and oxygen atoms in total. The van der Waals surface area contributed by atoms with Crippen LogP contribution >= 0.6 is 0 Å². The summed E-state index contributed by atoms with van der Waals surface area (Å²) in [5.41, 5.74) is 0.171. The third-order valence-electron chi connectivity index (χ3n) is 2.63. The first-order valence-electron chi connectivity index (χ1n) is 4.21. The zero-order valence-corrected chi connectivity index (χ0v) is 6.56. The quantitative estimate of drug-likeness (QED) is 0.348. The van der Waals surface area contributed by atoms with Crippen molar-refractivity contribution in [2.75, 3.05) is 19.6 Å². The molecule has 2 fully saturated rings. The third-order valence-corrected chi connectivity index (χ3v) is 2.63. The first-order valence-corrected chi connectivity index (χ1v) is 4.21. The van der Waals surface area contributed by atoms with Crippen LogP contribution in [0.25, 0.3) is 0 Å². The zero-order chi connectivity index (χ0) is 7.73. The van der Waals surface area contributed by atoms with Crippen LogP contribution in [0.2, 0.25) is 0 Å². The summed E-state index contributed by atoms with van der Waals surface area (Å²) in [4.78, 5) is 0. The normalized spacial score (nSPS) is 45.0. The predicted octanol–water partition coefficient (Wildman–Crippen LogP) is -1.42. The second-order valence-electron chi connectivity index (χ2n) is 3.46. The Balaban J connectivity index is 2.00. The van der Waals surface area contributed by atoms with Gasteiger partial charge in [0.15, 0.2) is 6.35 Å². The monoisotopic (exact) mass is 157 g/mol. The molecule has 11 heavy (non-hydrogen) atoms. The molecule has 4 heteroatoms. The lowest BCUT2D eigenvalue weighted by atomic mass is 9.93. The van der Waals surface area contributed by atoms with Crippen molar-refractivity contribution >= 4 is 0 Å². The molecule has 2 aliphatic rings. The van der Waals surface area contributed by atoms with Crippen molar-refractivity contribution in [3.63, 3.8) is 0 Å². The number of rotatable bonds is 0. The van der Waals surface area contributed by atoms with E-state index in [1.165, 1.54) is 0 Å². The lowest BCUT2D eigenvalue weighted by molar-refractivity contribution is 0.0357. The van der Waals surface area contributed by atoms with Gasteiger partial charge in [0.25, 0.3) is 0 Å². The fourth-order valence-corrected chi connectivity index (χ4v) is 1.94. The molecule has 1 spiro atoms. The fourth-order valence-electron chi connectivity index (χ4n) is 1.94. The van der Waals surface area contributed by atoms with Crippen LogP contribution in [-0.4, -0.2) is 36.6 Å². The smallest absolute Gasteiger partial charge is 0.160 e. The largest absolute Gasteiger partial charge is 0.365 e. The molecule has 0 amide bonds. The molecule has 2 atom stereocenters. The molecule has 4 N–H and O–H groups in total. The van der Waals surface area contributed by atoms with Crippen LogP contribution in [0.1, 0.15) is 12.8 Å². The van der Waals surface area contributed by atoms with Gasteiger partial charge in [-0.25, -0.2) is 0 Å². The maximum atomic E-state index is 9.28. The summed E-state index contributed by atoms with van der Waals surface area (Å²) in [6, 6.07) is 0. The Morgan fingerprint density at radius 2 is 2.09 bits per heavy atom. The van der Waals surface area contributed by atoms with Gasteiger partial charge in [-0.3, -0.25) is 10.6 Å². The average molecular weight is 157 g/mol. The highest BCUT2D eigenvalue weighted by molar-refractivity contribution is 4.98. The van der Waals surface area contributed by atoms with Crippen molar-refractivity contribution in [1.29, 1.82) is 0 Å². The van der Waals surface area contributed by atoms with Crippen molar-refractivity contribution in [1.82, 2.24) is 16.0 Å². The molecule has 2 aliphatic heterocycles. The lowest BCUT2D eigenvalue weighted by Crippen LogP contribution is -2.62. The number of hydrogen-bond donors (Lipinski definition) is 4. The molecule has 64 valence electrons. The van der Waals surface area contributed by atoms with E-state index in [0.717, 1.165) is 32.5 Å². The second-order valence-corrected chi connectivity index (χ2v) is 3.46. The second kappa shape index (κ2) is 2.71. The van der Waals surface area contributed by atoms with Gasteiger partial charge in [-0.15, -0.1) is 0 Å². The molecule has 0 aromatic carbocycles. The van der Waals surface area contributed by atoms with Crippen molar-refractivity contribution < 1.29 is 5.11 Å². The highest BCUT2D eigenvalue weighted by Crippen LogP contribution is 2.20. The van der Waals surface area contributed by atoms with Crippen molar-refractivity contribution in [3.8, 4) is 0 Å². The molecular weight excluding hydrogens is 142 g/mol. The van der Waals surface area contributed by atoms with E-state index < -0.39 is 6.35 Å². The van der Waals surface area contributed by atoms with E-state index in [2.05, 4.69) is 16.0 Å². The summed E-state index contributed by atoms with van der Waals surface area (Å²) in [5, 5.41) is 18.7. The predicted molar refractivity (Wildman–Crippen MR) is 42.0 cm³/mol. The maximum absolute atomic E-state index is 9.28. The summed E-state index contributed by atoms with van der Waals surface area (Å²) in [6.07, 6.45) is 1.73.